The van der Waals surface area contributed by atoms with E-state index in [0.717, 1.165) is 12.1 Å². The molecule has 2 atom stereocenters. The van der Waals surface area contributed by atoms with Crippen molar-refractivity contribution in [2.75, 3.05) is 6.54 Å². The number of pyridine rings is 1. The van der Waals surface area contributed by atoms with Crippen LogP contribution in [0.1, 0.15) is 24.1 Å². The summed E-state index contributed by atoms with van der Waals surface area (Å²) in [5.41, 5.74) is 1.12. The van der Waals surface area contributed by atoms with Crippen LogP contribution in [0.15, 0.2) is 46.1 Å². The van der Waals surface area contributed by atoms with E-state index in [-0.39, 0.29) is 41.3 Å². The number of hydrogen-bond acceptors (Lipinski definition) is 4. The van der Waals surface area contributed by atoms with E-state index in [2.05, 4.69) is 10.3 Å². The number of aromatic nitrogens is 1. The first-order valence-electron chi connectivity index (χ1n) is 7.91. The minimum absolute atomic E-state index is 0. The van der Waals surface area contributed by atoms with Crippen molar-refractivity contribution in [3.05, 3.63) is 63.8 Å². The molecule has 2 heterocycles. The van der Waals surface area contributed by atoms with Crippen molar-refractivity contribution in [1.29, 1.82) is 0 Å². The summed E-state index contributed by atoms with van der Waals surface area (Å²) in [6.45, 7) is 0.587. The van der Waals surface area contributed by atoms with Crippen LogP contribution in [0.5, 0.6) is 0 Å². The third kappa shape index (κ3) is 2.87. The lowest BCUT2D eigenvalue weighted by Crippen LogP contribution is -2.50. The number of aryl methyl sites for hydroxylation is 1. The standard InChI is InChI=1S/C17H17FN2O3S.2ClH/c18-11-1-3-12(4-2-11)24(22,23)17-9-10-19-15(17)7-6-14-13(17)5-8-16(21)20-14;;/h1-5,8,15,19H,6-7,9-10H2,(H,20,21);2*1H. The minimum atomic E-state index is -3.75. The number of halogens is 3. The van der Waals surface area contributed by atoms with Gasteiger partial charge in [-0.2, -0.15) is 0 Å². The zero-order valence-electron chi connectivity index (χ0n) is 13.7. The molecule has 1 aromatic carbocycles. The van der Waals surface area contributed by atoms with Crippen LogP contribution in [0.3, 0.4) is 0 Å². The fourth-order valence-corrected chi connectivity index (χ4v) is 6.46. The molecule has 142 valence electrons. The summed E-state index contributed by atoms with van der Waals surface area (Å²) in [6.07, 6.45) is 1.69. The molecule has 2 N–H and O–H groups in total. The van der Waals surface area contributed by atoms with Crippen molar-refractivity contribution in [2.45, 2.75) is 34.9 Å². The number of benzene rings is 1. The van der Waals surface area contributed by atoms with Crippen LogP contribution in [0.4, 0.5) is 4.39 Å². The van der Waals surface area contributed by atoms with Gasteiger partial charge >= 0.3 is 0 Å². The van der Waals surface area contributed by atoms with E-state index in [9.17, 15) is 17.6 Å². The summed E-state index contributed by atoms with van der Waals surface area (Å²) in [5, 5.41) is 3.30. The van der Waals surface area contributed by atoms with Gasteiger partial charge in [-0.25, -0.2) is 12.8 Å². The van der Waals surface area contributed by atoms with E-state index in [4.69, 9.17) is 0 Å². The molecular formula is C17H19Cl2FN2O3S. The highest BCUT2D eigenvalue weighted by molar-refractivity contribution is 7.92. The Kier molecular flexibility index (Phi) is 5.87. The highest BCUT2D eigenvalue weighted by Gasteiger charge is 2.57. The molecule has 5 nitrogen and oxygen atoms in total. The second kappa shape index (κ2) is 7.31. The maximum Gasteiger partial charge on any atom is 0.248 e. The van der Waals surface area contributed by atoms with Crippen LogP contribution in [-0.4, -0.2) is 26.0 Å². The third-order valence-electron chi connectivity index (χ3n) is 5.19. The monoisotopic (exact) mass is 420 g/mol. The lowest BCUT2D eigenvalue weighted by molar-refractivity contribution is 0.411. The van der Waals surface area contributed by atoms with E-state index in [1.807, 2.05) is 0 Å². The van der Waals surface area contributed by atoms with E-state index >= 15 is 0 Å². The van der Waals surface area contributed by atoms with Crippen molar-refractivity contribution in [3.8, 4) is 0 Å². The molecule has 1 aliphatic heterocycles. The zero-order chi connectivity index (χ0) is 16.9. The molecule has 2 aliphatic rings. The zero-order valence-corrected chi connectivity index (χ0v) is 16.1. The van der Waals surface area contributed by atoms with Crippen LogP contribution < -0.4 is 10.9 Å². The van der Waals surface area contributed by atoms with Crippen LogP contribution in [-0.2, 0) is 21.0 Å². The number of sulfone groups is 1. The quantitative estimate of drug-likeness (QED) is 0.730. The number of nitrogens with one attached hydrogen (secondary N) is 2. The van der Waals surface area contributed by atoms with E-state index in [1.54, 1.807) is 6.07 Å². The molecule has 26 heavy (non-hydrogen) atoms. The summed E-state index contributed by atoms with van der Waals surface area (Å²) < 4.78 is 39.1. The Labute approximate surface area is 163 Å². The molecule has 2 aromatic rings. The fourth-order valence-electron chi connectivity index (χ4n) is 4.12. The predicted octanol–water partition coefficient (Wildman–Crippen LogP) is 2.33. The first kappa shape index (κ1) is 20.9. The minimum Gasteiger partial charge on any atom is -0.326 e. The molecule has 0 bridgehead atoms. The second-order valence-corrected chi connectivity index (χ2v) is 8.56. The van der Waals surface area contributed by atoms with E-state index in [0.29, 0.717) is 37.1 Å². The number of fused-ring (bicyclic) bond motifs is 3. The molecule has 1 fully saturated rings. The molecule has 4 rings (SSSR count). The summed E-state index contributed by atoms with van der Waals surface area (Å²) in [4.78, 5) is 14.5. The van der Waals surface area contributed by atoms with Gasteiger partial charge in [0.1, 0.15) is 10.6 Å². The molecule has 1 saturated heterocycles. The van der Waals surface area contributed by atoms with Gasteiger partial charge in [-0.15, -0.1) is 24.8 Å². The molecule has 0 radical (unpaired) electrons. The lowest BCUT2D eigenvalue weighted by Gasteiger charge is -2.39. The molecule has 2 unspecified atom stereocenters. The highest BCUT2D eigenvalue weighted by Crippen LogP contribution is 2.48. The number of aromatic amines is 1. The summed E-state index contributed by atoms with van der Waals surface area (Å²) in [6, 6.07) is 7.75. The van der Waals surface area contributed by atoms with Gasteiger partial charge < -0.3 is 10.3 Å². The normalized spacial score (nSPS) is 24.0. The maximum atomic E-state index is 13.5. The number of H-pyrrole nitrogens is 1. The van der Waals surface area contributed by atoms with Gasteiger partial charge in [-0.1, -0.05) is 6.07 Å². The van der Waals surface area contributed by atoms with E-state index < -0.39 is 20.4 Å². The topological polar surface area (TPSA) is 79.0 Å². The van der Waals surface area contributed by atoms with Crippen LogP contribution >= 0.6 is 24.8 Å². The van der Waals surface area contributed by atoms with Gasteiger partial charge in [0.05, 0.1) is 4.90 Å². The Hall–Kier alpha value is -1.41. The molecule has 1 aliphatic carbocycles. The van der Waals surface area contributed by atoms with Crippen LogP contribution in [0.2, 0.25) is 0 Å². The molecule has 1 aromatic heterocycles. The number of hydrogen-bond donors (Lipinski definition) is 2. The van der Waals surface area contributed by atoms with Gasteiger partial charge in [-0.3, -0.25) is 4.79 Å². The van der Waals surface area contributed by atoms with Crippen LogP contribution in [0, 0.1) is 5.82 Å². The van der Waals surface area contributed by atoms with Crippen molar-refractivity contribution < 1.29 is 12.8 Å². The second-order valence-electron chi connectivity index (χ2n) is 6.36. The SMILES string of the molecule is Cl.Cl.O=c1ccc2c([nH]1)CCC1NCCC21S(=O)(=O)c1ccc(F)cc1. The Morgan fingerprint density at radius 1 is 1.08 bits per heavy atom. The van der Waals surface area contributed by atoms with E-state index in [1.165, 1.54) is 18.2 Å². The Bertz CT molecular complexity index is 963. The molecule has 0 spiro atoms. The molecule has 9 heteroatoms. The summed E-state index contributed by atoms with van der Waals surface area (Å²) >= 11 is 0. The molecule has 0 amide bonds. The average molecular weight is 421 g/mol. The van der Waals surface area contributed by atoms with Crippen LogP contribution in [0.25, 0.3) is 0 Å². The van der Waals surface area contributed by atoms with Gasteiger partial charge in [0.25, 0.3) is 0 Å². The first-order chi connectivity index (χ1) is 11.4. The number of rotatable bonds is 2. The van der Waals surface area contributed by atoms with Gasteiger partial charge in [0.15, 0.2) is 9.84 Å². The highest BCUT2D eigenvalue weighted by atomic mass is 35.5. The van der Waals surface area contributed by atoms with Crippen molar-refractivity contribution in [3.63, 3.8) is 0 Å². The summed E-state index contributed by atoms with van der Waals surface area (Å²) in [7, 11) is -3.75. The smallest absolute Gasteiger partial charge is 0.248 e. The Morgan fingerprint density at radius 2 is 1.77 bits per heavy atom. The van der Waals surface area contributed by atoms with Gasteiger partial charge in [0.2, 0.25) is 5.56 Å². The average Bonchev–Trinajstić information content (AvgIpc) is 3.00. The largest absolute Gasteiger partial charge is 0.326 e. The first-order valence-corrected chi connectivity index (χ1v) is 9.40. The van der Waals surface area contributed by atoms with Crippen molar-refractivity contribution in [1.82, 2.24) is 10.3 Å². The van der Waals surface area contributed by atoms with Crippen molar-refractivity contribution in [2.24, 2.45) is 0 Å². The molecule has 0 saturated carbocycles. The fraction of sp³-hybridized carbons (Fsp3) is 0.353. The third-order valence-corrected chi connectivity index (χ3v) is 7.75. The Morgan fingerprint density at radius 3 is 2.46 bits per heavy atom. The summed E-state index contributed by atoms with van der Waals surface area (Å²) in [5.74, 6) is -0.471. The molecular weight excluding hydrogens is 402 g/mol. The van der Waals surface area contributed by atoms with Gasteiger partial charge in [0, 0.05) is 17.8 Å². The van der Waals surface area contributed by atoms with Gasteiger partial charge in [-0.05, 0) is 55.6 Å². The lowest BCUT2D eigenvalue weighted by atomic mass is 9.81. The maximum absolute atomic E-state index is 13.5. The Balaban J connectivity index is 0.00000121. The predicted molar refractivity (Wildman–Crippen MR) is 102 cm³/mol. The van der Waals surface area contributed by atoms with Crippen molar-refractivity contribution >= 4 is 34.7 Å².